The number of nitrogens with zero attached hydrogens (tertiary/aromatic N) is 3. The van der Waals surface area contributed by atoms with E-state index in [2.05, 4.69) is 21.2 Å². The molecule has 1 fully saturated rings. The van der Waals surface area contributed by atoms with Gasteiger partial charge in [-0.1, -0.05) is 6.92 Å². The molecule has 0 radical (unpaired) electrons. The van der Waals surface area contributed by atoms with Crippen LogP contribution < -0.4 is 5.32 Å². The van der Waals surface area contributed by atoms with Gasteiger partial charge in [-0.15, -0.1) is 0 Å². The van der Waals surface area contributed by atoms with Crippen LogP contribution in [0.2, 0.25) is 0 Å². The van der Waals surface area contributed by atoms with Gasteiger partial charge >= 0.3 is 0 Å². The molecule has 1 aliphatic rings. The molecule has 0 aromatic heterocycles. The predicted octanol–water partition coefficient (Wildman–Crippen LogP) is 0.431. The fourth-order valence-corrected chi connectivity index (χ4v) is 2.16. The zero-order chi connectivity index (χ0) is 13.5. The van der Waals surface area contributed by atoms with E-state index in [-0.39, 0.29) is 18.0 Å². The summed E-state index contributed by atoms with van der Waals surface area (Å²) in [5.74, 6) is 0.110. The Hall–Kier alpha value is -1.12. The molecule has 1 heterocycles. The van der Waals surface area contributed by atoms with Gasteiger partial charge in [-0.05, 0) is 20.3 Å². The highest BCUT2D eigenvalue weighted by atomic mass is 16.2. The first-order chi connectivity index (χ1) is 8.60. The third-order valence-electron chi connectivity index (χ3n) is 3.56. The second-order valence-corrected chi connectivity index (χ2v) is 4.84. The third-order valence-corrected chi connectivity index (χ3v) is 3.56. The summed E-state index contributed by atoms with van der Waals surface area (Å²) in [6, 6.07) is 2.15. The number of rotatable bonds is 5. The maximum Gasteiger partial charge on any atom is 0.237 e. The van der Waals surface area contributed by atoms with Gasteiger partial charge in [0.2, 0.25) is 5.91 Å². The van der Waals surface area contributed by atoms with Gasteiger partial charge in [0.05, 0.1) is 18.2 Å². The van der Waals surface area contributed by atoms with E-state index in [9.17, 15) is 4.79 Å². The van der Waals surface area contributed by atoms with Crippen LogP contribution in [0.1, 0.15) is 27.2 Å². The van der Waals surface area contributed by atoms with Crippen LogP contribution in [0.3, 0.4) is 0 Å². The number of hydrogen-bond acceptors (Lipinski definition) is 4. The average Bonchev–Trinajstić information content (AvgIpc) is 2.43. The average molecular weight is 252 g/mol. The highest BCUT2D eigenvalue weighted by Crippen LogP contribution is 2.09. The van der Waals surface area contributed by atoms with Crippen molar-refractivity contribution < 1.29 is 4.79 Å². The molecule has 2 unspecified atom stereocenters. The summed E-state index contributed by atoms with van der Waals surface area (Å²) in [7, 11) is 0. The number of nitriles is 1. The minimum Gasteiger partial charge on any atom is -0.355 e. The number of carbonyl (C=O) groups is 1. The van der Waals surface area contributed by atoms with Crippen LogP contribution in [0.5, 0.6) is 0 Å². The summed E-state index contributed by atoms with van der Waals surface area (Å²) < 4.78 is 0. The Morgan fingerprint density at radius 3 is 2.33 bits per heavy atom. The number of carbonyl (C=O) groups excluding carboxylic acids is 1. The summed E-state index contributed by atoms with van der Waals surface area (Å²) in [5.41, 5.74) is 0. The normalized spacial score (nSPS) is 21.0. The van der Waals surface area contributed by atoms with E-state index >= 15 is 0 Å². The van der Waals surface area contributed by atoms with Crippen molar-refractivity contribution in [1.82, 2.24) is 15.1 Å². The van der Waals surface area contributed by atoms with Gasteiger partial charge in [0.15, 0.2) is 0 Å². The number of amides is 1. The number of piperazine rings is 1. The minimum atomic E-state index is -0.0731. The minimum absolute atomic E-state index is 0.0311. The van der Waals surface area contributed by atoms with Gasteiger partial charge in [0.1, 0.15) is 0 Å². The van der Waals surface area contributed by atoms with Gasteiger partial charge in [-0.25, -0.2) is 0 Å². The lowest BCUT2D eigenvalue weighted by Crippen LogP contribution is -2.55. The van der Waals surface area contributed by atoms with E-state index in [0.29, 0.717) is 0 Å². The molecular weight excluding hydrogens is 228 g/mol. The van der Waals surface area contributed by atoms with Crippen LogP contribution in [0, 0.1) is 11.3 Å². The zero-order valence-corrected chi connectivity index (χ0v) is 11.6. The maximum absolute atomic E-state index is 11.9. The number of nitrogens with one attached hydrogen (secondary N) is 1. The Morgan fingerprint density at radius 2 is 1.83 bits per heavy atom. The summed E-state index contributed by atoms with van der Waals surface area (Å²) in [6.45, 7) is 10.1. The number of hydrogen-bond donors (Lipinski definition) is 1. The zero-order valence-electron chi connectivity index (χ0n) is 11.6. The molecule has 0 spiro atoms. The van der Waals surface area contributed by atoms with Crippen molar-refractivity contribution in [1.29, 1.82) is 5.26 Å². The van der Waals surface area contributed by atoms with Crippen LogP contribution in [0.15, 0.2) is 0 Å². The van der Waals surface area contributed by atoms with E-state index in [1.807, 2.05) is 20.8 Å². The van der Waals surface area contributed by atoms with E-state index in [4.69, 9.17) is 5.26 Å². The van der Waals surface area contributed by atoms with Crippen molar-refractivity contribution in [2.45, 2.75) is 39.3 Å². The van der Waals surface area contributed by atoms with E-state index in [1.165, 1.54) is 0 Å². The highest BCUT2D eigenvalue weighted by Gasteiger charge is 2.26. The Morgan fingerprint density at radius 1 is 1.28 bits per heavy atom. The quantitative estimate of drug-likeness (QED) is 0.771. The Balaban J connectivity index is 2.38. The van der Waals surface area contributed by atoms with Crippen molar-refractivity contribution >= 4 is 5.91 Å². The lowest BCUT2D eigenvalue weighted by atomic mass is 10.2. The molecule has 2 atom stereocenters. The highest BCUT2D eigenvalue weighted by molar-refractivity contribution is 5.81. The monoisotopic (exact) mass is 252 g/mol. The molecule has 102 valence electrons. The van der Waals surface area contributed by atoms with Crippen molar-refractivity contribution in [3.05, 3.63) is 0 Å². The summed E-state index contributed by atoms with van der Waals surface area (Å²) in [5, 5.41) is 11.8. The molecule has 0 aromatic rings. The molecule has 0 saturated carbocycles. The van der Waals surface area contributed by atoms with Crippen LogP contribution in [0.25, 0.3) is 0 Å². The maximum atomic E-state index is 11.9. The largest absolute Gasteiger partial charge is 0.355 e. The first-order valence-corrected chi connectivity index (χ1v) is 6.75. The van der Waals surface area contributed by atoms with Crippen LogP contribution in [-0.2, 0) is 4.79 Å². The smallest absolute Gasteiger partial charge is 0.237 e. The van der Waals surface area contributed by atoms with Crippen molar-refractivity contribution in [2.75, 3.05) is 32.7 Å². The summed E-state index contributed by atoms with van der Waals surface area (Å²) in [6.07, 6.45) is 0.964. The predicted molar refractivity (Wildman–Crippen MR) is 71.0 cm³/mol. The second kappa shape index (κ2) is 7.34. The fraction of sp³-hybridized carbons (Fsp3) is 0.846. The van der Waals surface area contributed by atoms with Gasteiger partial charge < -0.3 is 5.32 Å². The SMILES string of the molecule is CCCNC(=O)C(C)N1CCN(C(C)C#N)CC1. The first kappa shape index (κ1) is 14.9. The molecule has 1 aliphatic heterocycles. The van der Waals surface area contributed by atoms with E-state index in [0.717, 1.165) is 39.1 Å². The van der Waals surface area contributed by atoms with Crippen molar-refractivity contribution in [3.8, 4) is 6.07 Å². The molecule has 18 heavy (non-hydrogen) atoms. The molecule has 1 saturated heterocycles. The molecule has 5 heteroatoms. The Labute approximate surface area is 110 Å². The summed E-state index contributed by atoms with van der Waals surface area (Å²) in [4.78, 5) is 16.2. The molecule has 5 nitrogen and oxygen atoms in total. The molecule has 1 N–H and O–H groups in total. The summed E-state index contributed by atoms with van der Waals surface area (Å²) >= 11 is 0. The molecule has 0 aliphatic carbocycles. The topological polar surface area (TPSA) is 59.4 Å². The van der Waals surface area contributed by atoms with Crippen LogP contribution in [0.4, 0.5) is 0 Å². The van der Waals surface area contributed by atoms with Crippen LogP contribution >= 0.6 is 0 Å². The van der Waals surface area contributed by atoms with Gasteiger partial charge in [0.25, 0.3) is 0 Å². The van der Waals surface area contributed by atoms with Gasteiger partial charge in [-0.2, -0.15) is 5.26 Å². The van der Waals surface area contributed by atoms with Crippen molar-refractivity contribution in [2.24, 2.45) is 0 Å². The second-order valence-electron chi connectivity index (χ2n) is 4.84. The van der Waals surface area contributed by atoms with Gasteiger partial charge in [0, 0.05) is 32.7 Å². The van der Waals surface area contributed by atoms with E-state index < -0.39 is 0 Å². The lowest BCUT2D eigenvalue weighted by molar-refractivity contribution is -0.126. The first-order valence-electron chi connectivity index (χ1n) is 6.75. The van der Waals surface area contributed by atoms with Gasteiger partial charge in [-0.3, -0.25) is 14.6 Å². The lowest BCUT2D eigenvalue weighted by Gasteiger charge is -2.38. The fourth-order valence-electron chi connectivity index (χ4n) is 2.16. The Bertz CT molecular complexity index is 305. The van der Waals surface area contributed by atoms with E-state index in [1.54, 1.807) is 0 Å². The molecule has 0 bridgehead atoms. The molecule has 0 aromatic carbocycles. The standard InChI is InChI=1S/C13H24N4O/c1-4-5-15-13(18)12(3)17-8-6-16(7-9-17)11(2)10-14/h11-12H,4-9H2,1-3H3,(H,15,18). The third kappa shape index (κ3) is 3.97. The molecular formula is C13H24N4O. The van der Waals surface area contributed by atoms with Crippen molar-refractivity contribution in [3.63, 3.8) is 0 Å². The van der Waals surface area contributed by atoms with Crippen LogP contribution in [-0.4, -0.2) is 60.5 Å². The molecule has 1 rings (SSSR count). The molecule has 1 amide bonds. The Kier molecular flexibility index (Phi) is 6.10.